The summed E-state index contributed by atoms with van der Waals surface area (Å²) in [4.78, 5) is 27.0. The summed E-state index contributed by atoms with van der Waals surface area (Å²) in [6.45, 7) is 1.54. The van der Waals surface area contributed by atoms with Crippen LogP contribution in [0.25, 0.3) is 0 Å². The summed E-state index contributed by atoms with van der Waals surface area (Å²) in [6.07, 6.45) is -5.43. The van der Waals surface area contributed by atoms with Crippen molar-refractivity contribution >= 4 is 33.5 Å². The molecule has 238 valence electrons. The molecular weight excluding hydrogens is 639 g/mol. The number of likely N-dealkylation sites (tertiary alicyclic amines) is 1. The molecular formula is C25H25ClF7N3O6S. The number of carbonyl (C=O) groups excluding carboxylic acids is 1. The number of ether oxygens (including phenoxy) is 1. The van der Waals surface area contributed by atoms with Gasteiger partial charge in [-0.2, -0.15) is 26.3 Å². The Kier molecular flexibility index (Phi) is 10.5. The summed E-state index contributed by atoms with van der Waals surface area (Å²) in [7, 11) is -3.83. The van der Waals surface area contributed by atoms with E-state index >= 15 is 0 Å². The molecule has 4 rings (SSSR count). The Hall–Kier alpha value is -3.18. The Bertz CT molecular complexity index is 1460. The highest BCUT2D eigenvalue weighted by atomic mass is 35.5. The van der Waals surface area contributed by atoms with Gasteiger partial charge in [-0.25, -0.2) is 27.3 Å². The number of carboxylic acids is 1. The number of hydrogen-bond donors (Lipinski definition) is 2. The quantitative estimate of drug-likeness (QED) is 0.391. The second kappa shape index (κ2) is 13.2. The van der Waals surface area contributed by atoms with E-state index in [2.05, 4.69) is 9.88 Å². The fourth-order valence-corrected chi connectivity index (χ4v) is 4.90. The number of piperidine rings is 1. The van der Waals surface area contributed by atoms with Crippen molar-refractivity contribution in [3.63, 3.8) is 0 Å². The van der Waals surface area contributed by atoms with Crippen molar-refractivity contribution < 1.29 is 58.6 Å². The first-order valence-electron chi connectivity index (χ1n) is 12.5. The summed E-state index contributed by atoms with van der Waals surface area (Å²) in [5, 5.41) is 6.63. The molecule has 18 heteroatoms. The van der Waals surface area contributed by atoms with Crippen LogP contribution in [0.5, 0.6) is 5.88 Å². The van der Waals surface area contributed by atoms with Crippen LogP contribution in [0.4, 0.5) is 30.7 Å². The minimum atomic E-state index is -5.08. The van der Waals surface area contributed by atoms with Gasteiger partial charge in [0, 0.05) is 25.7 Å². The number of nitrogens with zero attached hydrogens (tertiary/aromatic N) is 2. The highest BCUT2D eigenvalue weighted by Gasteiger charge is 2.38. The van der Waals surface area contributed by atoms with Gasteiger partial charge in [-0.15, -0.1) is 0 Å². The minimum absolute atomic E-state index is 0.147. The molecule has 1 aromatic carbocycles. The first-order chi connectivity index (χ1) is 19.7. The predicted molar refractivity (Wildman–Crippen MR) is 138 cm³/mol. The number of benzene rings is 1. The third-order valence-electron chi connectivity index (χ3n) is 6.36. The average Bonchev–Trinajstić information content (AvgIpc) is 3.70. The summed E-state index contributed by atoms with van der Waals surface area (Å²) in [5.41, 5.74) is 0.222. The van der Waals surface area contributed by atoms with Gasteiger partial charge < -0.3 is 9.84 Å². The lowest BCUT2D eigenvalue weighted by molar-refractivity contribution is -0.192. The van der Waals surface area contributed by atoms with Gasteiger partial charge >= 0.3 is 18.3 Å². The van der Waals surface area contributed by atoms with Crippen molar-refractivity contribution in [1.82, 2.24) is 14.6 Å². The second-order valence-corrected chi connectivity index (χ2v) is 12.1. The number of amides is 1. The zero-order chi connectivity index (χ0) is 32.3. The van der Waals surface area contributed by atoms with Crippen LogP contribution in [0.2, 0.25) is 5.02 Å². The van der Waals surface area contributed by atoms with Crippen molar-refractivity contribution in [3.05, 3.63) is 57.5 Å². The van der Waals surface area contributed by atoms with E-state index in [1.165, 1.54) is 12.1 Å². The molecule has 9 nitrogen and oxygen atoms in total. The largest absolute Gasteiger partial charge is 0.490 e. The van der Waals surface area contributed by atoms with E-state index < -0.39 is 50.7 Å². The number of nitrogens with one attached hydrogen (secondary N) is 1. The molecule has 2 heterocycles. The fourth-order valence-electron chi connectivity index (χ4n) is 4.24. The lowest BCUT2D eigenvalue weighted by Crippen LogP contribution is -2.38. The Morgan fingerprint density at radius 3 is 2.16 bits per heavy atom. The lowest BCUT2D eigenvalue weighted by Gasteiger charge is -2.32. The van der Waals surface area contributed by atoms with E-state index in [4.69, 9.17) is 26.2 Å². The first kappa shape index (κ1) is 34.3. The molecule has 0 bridgehead atoms. The Morgan fingerprint density at radius 1 is 1.09 bits per heavy atom. The van der Waals surface area contributed by atoms with Gasteiger partial charge in [0.2, 0.25) is 15.9 Å². The number of rotatable bonds is 7. The maximum absolute atomic E-state index is 14.8. The maximum Gasteiger partial charge on any atom is 0.490 e. The minimum Gasteiger partial charge on any atom is -0.475 e. The van der Waals surface area contributed by atoms with Crippen LogP contribution in [0.1, 0.15) is 58.6 Å². The molecule has 2 aliphatic rings. The first-order valence-corrected chi connectivity index (χ1v) is 14.8. The molecule has 1 saturated heterocycles. The van der Waals surface area contributed by atoms with Gasteiger partial charge in [0.1, 0.15) is 11.9 Å². The van der Waals surface area contributed by atoms with Crippen LogP contribution in [-0.4, -0.2) is 66.9 Å². The summed E-state index contributed by atoms with van der Waals surface area (Å²) >= 11 is 5.61. The average molecular weight is 664 g/mol. The second-order valence-electron chi connectivity index (χ2n) is 9.90. The predicted octanol–water partition coefficient (Wildman–Crippen LogP) is 5.14. The molecule has 2 N–H and O–H groups in total. The van der Waals surface area contributed by atoms with Crippen molar-refractivity contribution in [2.75, 3.05) is 19.3 Å². The summed E-state index contributed by atoms with van der Waals surface area (Å²) in [5.74, 6) is -4.53. The van der Waals surface area contributed by atoms with Crippen LogP contribution in [-0.2, 0) is 27.5 Å². The van der Waals surface area contributed by atoms with Gasteiger partial charge in [-0.3, -0.25) is 9.69 Å². The third kappa shape index (κ3) is 10.2. The molecule has 0 unspecified atom stereocenters. The lowest BCUT2D eigenvalue weighted by atomic mass is 9.97. The monoisotopic (exact) mass is 663 g/mol. The van der Waals surface area contributed by atoms with Gasteiger partial charge in [0.15, 0.2) is 0 Å². The highest BCUT2D eigenvalue weighted by molar-refractivity contribution is 7.89. The van der Waals surface area contributed by atoms with Gasteiger partial charge in [0.05, 0.1) is 28.6 Å². The molecule has 0 atom stereocenters. The van der Waals surface area contributed by atoms with Crippen molar-refractivity contribution in [3.8, 4) is 5.88 Å². The number of carbonyl (C=O) groups is 2. The number of halogens is 8. The van der Waals surface area contributed by atoms with Crippen LogP contribution in [0.3, 0.4) is 0 Å². The number of aromatic nitrogens is 1. The Morgan fingerprint density at radius 2 is 1.67 bits per heavy atom. The van der Waals surface area contributed by atoms with Crippen molar-refractivity contribution in [2.24, 2.45) is 0 Å². The molecule has 1 aliphatic carbocycles. The smallest absolute Gasteiger partial charge is 0.475 e. The molecule has 1 amide bonds. The highest BCUT2D eigenvalue weighted by Crippen LogP contribution is 2.43. The maximum atomic E-state index is 14.8. The van der Waals surface area contributed by atoms with Crippen LogP contribution < -0.4 is 9.46 Å². The number of hydrogen-bond acceptors (Lipinski definition) is 7. The molecule has 43 heavy (non-hydrogen) atoms. The van der Waals surface area contributed by atoms with Crippen LogP contribution in [0.15, 0.2) is 24.4 Å². The number of aliphatic carboxylic acids is 1. The third-order valence-corrected chi connectivity index (χ3v) is 7.22. The number of sulfonamides is 1. The number of alkyl halides is 6. The molecule has 1 aliphatic heterocycles. The normalized spacial score (nSPS) is 16.7. The zero-order valence-corrected chi connectivity index (χ0v) is 23.8. The SMILES string of the molecule is CS(=O)(=O)NC(=O)c1cc(C2CC2)c(CN2CCC(Oc3cc(C(F)(F)F)c(Cl)cn3)CC2)cc1F.O=C(O)C(F)(F)F. The van der Waals surface area contributed by atoms with E-state index in [1.807, 2.05) is 0 Å². The van der Waals surface area contributed by atoms with Crippen molar-refractivity contribution in [2.45, 2.75) is 56.6 Å². The van der Waals surface area contributed by atoms with Crippen molar-refractivity contribution in [1.29, 1.82) is 0 Å². The molecule has 0 spiro atoms. The summed E-state index contributed by atoms with van der Waals surface area (Å²) in [6, 6.07) is 3.51. The van der Waals surface area contributed by atoms with E-state index in [-0.39, 0.29) is 23.5 Å². The number of pyridine rings is 1. The van der Waals surface area contributed by atoms with E-state index in [1.54, 1.807) is 4.72 Å². The molecule has 1 saturated carbocycles. The number of carboxylic acid groups (broad SMARTS) is 1. The Labute approximate surface area is 246 Å². The van der Waals surface area contributed by atoms with E-state index in [9.17, 15) is 43.9 Å². The topological polar surface area (TPSA) is 126 Å². The fraction of sp³-hybridized carbons (Fsp3) is 0.480. The molecule has 2 fully saturated rings. The van der Waals surface area contributed by atoms with Gasteiger partial charge in [-0.1, -0.05) is 11.6 Å². The van der Waals surface area contributed by atoms with E-state index in [0.29, 0.717) is 32.5 Å². The van der Waals surface area contributed by atoms with Gasteiger partial charge in [-0.05, 0) is 54.9 Å². The standard InChI is InChI=1S/C23H24ClF4N3O4S.C2HF3O2/c1-36(33,34)30-22(32)17-9-16(13-2-3-13)14(8-20(17)25)12-31-6-4-15(5-7-31)35-21-10-18(23(26,27)28)19(24)11-29-21;3-2(4,5)1(6)7/h8-11,13,15H,2-7,12H2,1H3,(H,30,32);(H,6,7). The van der Waals surface area contributed by atoms with Crippen LogP contribution in [0, 0.1) is 5.82 Å². The summed E-state index contributed by atoms with van der Waals surface area (Å²) < 4.78 is 116. The van der Waals surface area contributed by atoms with Gasteiger partial charge in [0.25, 0.3) is 5.91 Å². The zero-order valence-electron chi connectivity index (χ0n) is 22.2. The molecule has 2 aromatic rings. The molecule has 0 radical (unpaired) electrons. The van der Waals surface area contributed by atoms with E-state index in [0.717, 1.165) is 42.5 Å². The Balaban J connectivity index is 0.000000646. The molecule has 1 aromatic heterocycles. The van der Waals surface area contributed by atoms with Crippen LogP contribution >= 0.6 is 11.6 Å².